The molecule has 0 aliphatic heterocycles. The predicted molar refractivity (Wildman–Crippen MR) is 93.2 cm³/mol. The summed E-state index contributed by atoms with van der Waals surface area (Å²) in [6, 6.07) is 7.93. The molecule has 1 N–H and O–H groups in total. The third kappa shape index (κ3) is 4.90. The van der Waals surface area contributed by atoms with E-state index in [1.165, 1.54) is 0 Å². The lowest BCUT2D eigenvalue weighted by atomic mass is 10.1. The molecule has 2 aromatic rings. The molecule has 0 amide bonds. The van der Waals surface area contributed by atoms with Gasteiger partial charge in [-0.25, -0.2) is 0 Å². The number of methoxy groups -OCH3 is 1. The first-order valence-corrected chi connectivity index (χ1v) is 8.41. The molecule has 2 rings (SSSR count). The van der Waals surface area contributed by atoms with Crippen molar-refractivity contribution in [3.63, 3.8) is 0 Å². The summed E-state index contributed by atoms with van der Waals surface area (Å²) in [6.45, 7) is 7.61. The summed E-state index contributed by atoms with van der Waals surface area (Å²) in [5.74, 6) is 1.26. The maximum atomic E-state index is 6.37. The molecule has 0 spiro atoms. The Morgan fingerprint density at radius 3 is 2.64 bits per heavy atom. The third-order valence-electron chi connectivity index (χ3n) is 3.05. The van der Waals surface area contributed by atoms with Gasteiger partial charge in [0.1, 0.15) is 6.61 Å². The molecule has 1 aromatic heterocycles. The van der Waals surface area contributed by atoms with E-state index in [2.05, 4.69) is 26.1 Å². The molecule has 0 radical (unpaired) electrons. The molecule has 3 nitrogen and oxygen atoms in total. The van der Waals surface area contributed by atoms with Crippen LogP contribution in [0.4, 0.5) is 0 Å². The second-order valence-electron chi connectivity index (χ2n) is 6.08. The Hall–Kier alpha value is -1.23. The second-order valence-corrected chi connectivity index (χ2v) is 7.52. The SMILES string of the molecule is COc1cc(CNC(C)(C)C)cc(Cl)c1OCc1cccs1. The van der Waals surface area contributed by atoms with Gasteiger partial charge >= 0.3 is 0 Å². The smallest absolute Gasteiger partial charge is 0.180 e. The number of benzene rings is 1. The van der Waals surface area contributed by atoms with Gasteiger partial charge in [-0.05, 0) is 49.9 Å². The molecule has 0 saturated heterocycles. The van der Waals surface area contributed by atoms with Crippen LogP contribution in [0.25, 0.3) is 0 Å². The van der Waals surface area contributed by atoms with Crippen molar-refractivity contribution in [2.24, 2.45) is 0 Å². The van der Waals surface area contributed by atoms with Gasteiger partial charge < -0.3 is 14.8 Å². The zero-order valence-corrected chi connectivity index (χ0v) is 15.0. The van der Waals surface area contributed by atoms with E-state index in [0.717, 1.165) is 17.0 Å². The highest BCUT2D eigenvalue weighted by molar-refractivity contribution is 7.09. The summed E-state index contributed by atoms with van der Waals surface area (Å²) in [5.41, 5.74) is 1.12. The second kappa shape index (κ2) is 7.36. The first kappa shape index (κ1) is 17.1. The number of ether oxygens (including phenoxy) is 2. The highest BCUT2D eigenvalue weighted by atomic mass is 35.5. The number of halogens is 1. The van der Waals surface area contributed by atoms with Crippen molar-refractivity contribution in [2.75, 3.05) is 7.11 Å². The van der Waals surface area contributed by atoms with E-state index in [1.54, 1.807) is 18.4 Å². The maximum Gasteiger partial charge on any atom is 0.180 e. The van der Waals surface area contributed by atoms with Crippen molar-refractivity contribution in [2.45, 2.75) is 39.5 Å². The average Bonchev–Trinajstić information content (AvgIpc) is 2.95. The summed E-state index contributed by atoms with van der Waals surface area (Å²) in [6.07, 6.45) is 0. The Kier molecular flexibility index (Phi) is 5.73. The van der Waals surface area contributed by atoms with E-state index in [0.29, 0.717) is 23.1 Å². The quantitative estimate of drug-likeness (QED) is 0.813. The van der Waals surface area contributed by atoms with Crippen molar-refractivity contribution in [3.8, 4) is 11.5 Å². The maximum absolute atomic E-state index is 6.37. The molecule has 0 saturated carbocycles. The van der Waals surface area contributed by atoms with Crippen LogP contribution < -0.4 is 14.8 Å². The fraction of sp³-hybridized carbons (Fsp3) is 0.412. The van der Waals surface area contributed by atoms with Gasteiger partial charge in [-0.15, -0.1) is 11.3 Å². The zero-order valence-electron chi connectivity index (χ0n) is 13.4. The lowest BCUT2D eigenvalue weighted by molar-refractivity contribution is 0.287. The normalized spacial score (nSPS) is 11.5. The van der Waals surface area contributed by atoms with Crippen LogP contribution in [-0.2, 0) is 13.2 Å². The highest BCUT2D eigenvalue weighted by Crippen LogP contribution is 2.37. The fourth-order valence-electron chi connectivity index (χ4n) is 1.92. The van der Waals surface area contributed by atoms with Gasteiger partial charge in [0.15, 0.2) is 11.5 Å². The average molecular weight is 340 g/mol. The Morgan fingerprint density at radius 1 is 1.27 bits per heavy atom. The Balaban J connectivity index is 2.13. The zero-order chi connectivity index (χ0) is 16.2. The standard InChI is InChI=1S/C17H22ClNO2S/c1-17(2,3)19-10-12-8-14(18)16(15(9-12)20-4)21-11-13-6-5-7-22-13/h5-9,19H,10-11H2,1-4H3. The van der Waals surface area contributed by atoms with Gasteiger partial charge in [-0.1, -0.05) is 17.7 Å². The van der Waals surface area contributed by atoms with E-state index in [1.807, 2.05) is 29.6 Å². The van der Waals surface area contributed by atoms with Crippen LogP contribution in [0.15, 0.2) is 29.6 Å². The van der Waals surface area contributed by atoms with Gasteiger partial charge in [0.2, 0.25) is 0 Å². The number of hydrogen-bond donors (Lipinski definition) is 1. The number of thiophene rings is 1. The molecule has 0 atom stereocenters. The largest absolute Gasteiger partial charge is 0.493 e. The van der Waals surface area contributed by atoms with Crippen LogP contribution >= 0.6 is 22.9 Å². The predicted octanol–water partition coefficient (Wildman–Crippen LogP) is 4.88. The van der Waals surface area contributed by atoms with Crippen molar-refractivity contribution in [3.05, 3.63) is 45.1 Å². The molecule has 1 heterocycles. The Bertz CT molecular complexity index is 606. The number of nitrogens with one attached hydrogen (secondary N) is 1. The third-order valence-corrected chi connectivity index (χ3v) is 4.18. The number of hydrogen-bond acceptors (Lipinski definition) is 4. The molecular weight excluding hydrogens is 318 g/mol. The van der Waals surface area contributed by atoms with Gasteiger partial charge in [0.25, 0.3) is 0 Å². The lowest BCUT2D eigenvalue weighted by Gasteiger charge is -2.21. The minimum atomic E-state index is 0.0497. The van der Waals surface area contributed by atoms with Gasteiger partial charge in [-0.3, -0.25) is 0 Å². The summed E-state index contributed by atoms with van der Waals surface area (Å²) in [5, 5.41) is 6.03. The molecular formula is C17H22ClNO2S. The molecule has 1 aromatic carbocycles. The van der Waals surface area contributed by atoms with E-state index in [-0.39, 0.29) is 5.54 Å². The summed E-state index contributed by atoms with van der Waals surface area (Å²) >= 11 is 8.03. The summed E-state index contributed by atoms with van der Waals surface area (Å²) < 4.78 is 11.3. The topological polar surface area (TPSA) is 30.5 Å². The molecule has 120 valence electrons. The van der Waals surface area contributed by atoms with Crippen LogP contribution in [0.3, 0.4) is 0 Å². The van der Waals surface area contributed by atoms with Crippen molar-refractivity contribution in [1.29, 1.82) is 0 Å². The fourth-order valence-corrected chi connectivity index (χ4v) is 2.82. The van der Waals surface area contributed by atoms with E-state index in [9.17, 15) is 0 Å². The van der Waals surface area contributed by atoms with Crippen LogP contribution in [0, 0.1) is 0 Å². The first-order valence-electron chi connectivity index (χ1n) is 7.15. The minimum Gasteiger partial charge on any atom is -0.493 e. The van der Waals surface area contributed by atoms with Gasteiger partial charge in [-0.2, -0.15) is 0 Å². The van der Waals surface area contributed by atoms with Crippen LogP contribution in [0.5, 0.6) is 11.5 Å². The van der Waals surface area contributed by atoms with Crippen LogP contribution in [-0.4, -0.2) is 12.6 Å². The minimum absolute atomic E-state index is 0.0497. The molecule has 0 unspecified atom stereocenters. The molecule has 0 aliphatic carbocycles. The molecule has 0 fully saturated rings. The summed E-state index contributed by atoms with van der Waals surface area (Å²) in [7, 11) is 1.63. The molecule has 5 heteroatoms. The van der Waals surface area contributed by atoms with E-state index >= 15 is 0 Å². The Labute approximate surface area is 141 Å². The van der Waals surface area contributed by atoms with E-state index in [4.69, 9.17) is 21.1 Å². The van der Waals surface area contributed by atoms with Crippen molar-refractivity contribution >= 4 is 22.9 Å². The monoisotopic (exact) mass is 339 g/mol. The molecule has 0 bridgehead atoms. The van der Waals surface area contributed by atoms with Crippen molar-refractivity contribution in [1.82, 2.24) is 5.32 Å². The van der Waals surface area contributed by atoms with Gasteiger partial charge in [0.05, 0.1) is 12.1 Å². The number of rotatable bonds is 6. The van der Waals surface area contributed by atoms with Gasteiger partial charge in [0, 0.05) is 17.0 Å². The first-order chi connectivity index (χ1) is 10.4. The van der Waals surface area contributed by atoms with Crippen LogP contribution in [0.2, 0.25) is 5.02 Å². The van der Waals surface area contributed by atoms with Crippen LogP contribution in [0.1, 0.15) is 31.2 Å². The lowest BCUT2D eigenvalue weighted by Crippen LogP contribution is -2.35. The summed E-state index contributed by atoms with van der Waals surface area (Å²) in [4.78, 5) is 1.15. The van der Waals surface area contributed by atoms with E-state index < -0.39 is 0 Å². The highest BCUT2D eigenvalue weighted by Gasteiger charge is 2.14. The molecule has 22 heavy (non-hydrogen) atoms. The Morgan fingerprint density at radius 2 is 2.05 bits per heavy atom. The van der Waals surface area contributed by atoms with Crippen molar-refractivity contribution < 1.29 is 9.47 Å². The molecule has 0 aliphatic rings.